The third kappa shape index (κ3) is 3.53. The van der Waals surface area contributed by atoms with Crippen LogP contribution in [0.5, 0.6) is 5.75 Å². The largest absolute Gasteiger partial charge is 0.492 e. The molecule has 0 radical (unpaired) electrons. The predicted molar refractivity (Wildman–Crippen MR) is 105 cm³/mol. The van der Waals surface area contributed by atoms with Gasteiger partial charge < -0.3 is 4.74 Å². The number of nitrogens with zero attached hydrogens (tertiary/aromatic N) is 4. The molecule has 0 amide bonds. The molecule has 2 heterocycles. The first-order valence-electron chi connectivity index (χ1n) is 9.29. The summed E-state index contributed by atoms with van der Waals surface area (Å²) in [6.07, 6.45) is 2.57. The standard InChI is InChI=1S/C20H22N4O3S/c1-2-27-19-10-6-7-11-20(19)28(25,26)23-13-12-17(14-23)24-15-18(21-22-24)16-8-4-3-5-9-16/h3-11,15,17H,2,12-14H2,1H3. The molecule has 28 heavy (non-hydrogen) atoms. The second-order valence-corrected chi connectivity index (χ2v) is 8.54. The number of ether oxygens (including phenoxy) is 1. The van der Waals surface area contributed by atoms with E-state index in [4.69, 9.17) is 4.74 Å². The molecule has 0 bridgehead atoms. The lowest BCUT2D eigenvalue weighted by Gasteiger charge is -2.18. The number of hydrogen-bond acceptors (Lipinski definition) is 5. The Labute approximate surface area is 164 Å². The van der Waals surface area contributed by atoms with Crippen LogP contribution >= 0.6 is 0 Å². The van der Waals surface area contributed by atoms with Crippen LogP contribution < -0.4 is 4.74 Å². The van der Waals surface area contributed by atoms with Gasteiger partial charge >= 0.3 is 0 Å². The van der Waals surface area contributed by atoms with Gasteiger partial charge in [-0.1, -0.05) is 47.7 Å². The molecule has 1 aliphatic rings. The third-order valence-corrected chi connectivity index (χ3v) is 6.75. The molecular formula is C20H22N4O3S. The van der Waals surface area contributed by atoms with Gasteiger partial charge in [0.1, 0.15) is 16.3 Å². The Bertz CT molecular complexity index is 1050. The van der Waals surface area contributed by atoms with Gasteiger partial charge in [0, 0.05) is 18.7 Å². The summed E-state index contributed by atoms with van der Waals surface area (Å²) in [5.41, 5.74) is 1.77. The fraction of sp³-hybridized carbons (Fsp3) is 0.300. The number of para-hydroxylation sites is 1. The zero-order valence-electron chi connectivity index (χ0n) is 15.6. The van der Waals surface area contributed by atoms with Gasteiger partial charge in [-0.15, -0.1) is 5.10 Å². The van der Waals surface area contributed by atoms with Crippen LogP contribution in [0.4, 0.5) is 0 Å². The summed E-state index contributed by atoms with van der Waals surface area (Å²) in [6.45, 7) is 3.05. The average Bonchev–Trinajstić information content (AvgIpc) is 3.39. The van der Waals surface area contributed by atoms with Crippen LogP contribution in [0.1, 0.15) is 19.4 Å². The van der Waals surface area contributed by atoms with E-state index < -0.39 is 10.0 Å². The van der Waals surface area contributed by atoms with Gasteiger partial charge in [-0.05, 0) is 25.5 Å². The van der Waals surface area contributed by atoms with Crippen molar-refractivity contribution in [3.8, 4) is 17.0 Å². The van der Waals surface area contributed by atoms with E-state index in [-0.39, 0.29) is 10.9 Å². The first kappa shape index (κ1) is 18.6. The highest BCUT2D eigenvalue weighted by Crippen LogP contribution is 2.32. The fourth-order valence-corrected chi connectivity index (χ4v) is 5.04. The molecule has 8 heteroatoms. The predicted octanol–water partition coefficient (Wildman–Crippen LogP) is 2.98. The van der Waals surface area contributed by atoms with E-state index in [1.807, 2.05) is 43.5 Å². The van der Waals surface area contributed by atoms with Crippen molar-refractivity contribution in [3.05, 3.63) is 60.8 Å². The normalized spacial score (nSPS) is 17.7. The van der Waals surface area contributed by atoms with E-state index in [9.17, 15) is 8.42 Å². The molecule has 1 unspecified atom stereocenters. The Morgan fingerprint density at radius 1 is 1.11 bits per heavy atom. The minimum atomic E-state index is -3.63. The Morgan fingerprint density at radius 2 is 1.86 bits per heavy atom. The summed E-state index contributed by atoms with van der Waals surface area (Å²) in [4.78, 5) is 0.209. The molecular weight excluding hydrogens is 376 g/mol. The first-order chi connectivity index (χ1) is 13.6. The van der Waals surface area contributed by atoms with Crippen LogP contribution in [0.15, 0.2) is 65.7 Å². The average molecular weight is 398 g/mol. The molecule has 1 aliphatic heterocycles. The van der Waals surface area contributed by atoms with Crippen LogP contribution in [0, 0.1) is 0 Å². The lowest BCUT2D eigenvalue weighted by Crippen LogP contribution is -2.29. The molecule has 3 aromatic rings. The topological polar surface area (TPSA) is 77.3 Å². The lowest BCUT2D eigenvalue weighted by molar-refractivity contribution is 0.329. The van der Waals surface area contributed by atoms with Crippen LogP contribution in [-0.4, -0.2) is 47.4 Å². The Hall–Kier alpha value is -2.71. The zero-order chi connectivity index (χ0) is 19.6. The van der Waals surface area contributed by atoms with Crippen molar-refractivity contribution in [1.29, 1.82) is 0 Å². The maximum Gasteiger partial charge on any atom is 0.246 e. The van der Waals surface area contributed by atoms with Gasteiger partial charge in [0.05, 0.1) is 18.8 Å². The van der Waals surface area contributed by atoms with Gasteiger partial charge in [-0.3, -0.25) is 0 Å². The molecule has 0 saturated carbocycles. The molecule has 4 rings (SSSR count). The number of benzene rings is 2. The fourth-order valence-electron chi connectivity index (χ4n) is 3.42. The molecule has 0 aliphatic carbocycles. The highest BCUT2D eigenvalue weighted by molar-refractivity contribution is 7.89. The third-order valence-electron chi connectivity index (χ3n) is 4.85. The van der Waals surface area contributed by atoms with Crippen LogP contribution in [0.3, 0.4) is 0 Å². The van der Waals surface area contributed by atoms with Gasteiger partial charge in [-0.2, -0.15) is 4.31 Å². The summed E-state index contributed by atoms with van der Waals surface area (Å²) in [5.74, 6) is 0.389. The summed E-state index contributed by atoms with van der Waals surface area (Å²) < 4.78 is 35.1. The van der Waals surface area contributed by atoms with Crippen molar-refractivity contribution in [2.45, 2.75) is 24.3 Å². The number of sulfonamides is 1. The van der Waals surface area contributed by atoms with E-state index in [0.717, 1.165) is 11.3 Å². The van der Waals surface area contributed by atoms with E-state index in [1.54, 1.807) is 28.9 Å². The van der Waals surface area contributed by atoms with Crippen molar-refractivity contribution < 1.29 is 13.2 Å². The molecule has 1 fully saturated rings. The summed E-state index contributed by atoms with van der Waals surface area (Å²) >= 11 is 0. The van der Waals surface area contributed by atoms with Gasteiger partial charge in [0.15, 0.2) is 0 Å². The van der Waals surface area contributed by atoms with Crippen molar-refractivity contribution in [2.75, 3.05) is 19.7 Å². The van der Waals surface area contributed by atoms with Gasteiger partial charge in [-0.25, -0.2) is 13.1 Å². The molecule has 146 valence electrons. The second kappa shape index (κ2) is 7.73. The zero-order valence-corrected chi connectivity index (χ0v) is 16.4. The Morgan fingerprint density at radius 3 is 2.64 bits per heavy atom. The molecule has 1 atom stereocenters. The lowest BCUT2D eigenvalue weighted by atomic mass is 10.2. The highest BCUT2D eigenvalue weighted by Gasteiger charge is 2.35. The Balaban J connectivity index is 1.54. The van der Waals surface area contributed by atoms with Crippen molar-refractivity contribution in [2.24, 2.45) is 0 Å². The maximum absolute atomic E-state index is 13.1. The summed E-state index contributed by atoms with van der Waals surface area (Å²) in [5, 5.41) is 8.47. The number of aromatic nitrogens is 3. The first-order valence-corrected chi connectivity index (χ1v) is 10.7. The maximum atomic E-state index is 13.1. The van der Waals surface area contributed by atoms with E-state index >= 15 is 0 Å². The number of hydrogen-bond donors (Lipinski definition) is 0. The molecule has 0 N–H and O–H groups in total. The van der Waals surface area contributed by atoms with E-state index in [1.165, 1.54) is 4.31 Å². The van der Waals surface area contributed by atoms with Crippen molar-refractivity contribution >= 4 is 10.0 Å². The molecule has 0 spiro atoms. The molecule has 1 aromatic heterocycles. The highest BCUT2D eigenvalue weighted by atomic mass is 32.2. The van der Waals surface area contributed by atoms with Crippen LogP contribution in [0.25, 0.3) is 11.3 Å². The number of rotatable bonds is 6. The van der Waals surface area contributed by atoms with Crippen molar-refractivity contribution in [1.82, 2.24) is 19.3 Å². The molecule has 1 saturated heterocycles. The molecule has 7 nitrogen and oxygen atoms in total. The van der Waals surface area contributed by atoms with Crippen LogP contribution in [-0.2, 0) is 10.0 Å². The van der Waals surface area contributed by atoms with E-state index in [0.29, 0.717) is 31.9 Å². The van der Waals surface area contributed by atoms with Crippen LogP contribution in [0.2, 0.25) is 0 Å². The van der Waals surface area contributed by atoms with Crippen molar-refractivity contribution in [3.63, 3.8) is 0 Å². The monoisotopic (exact) mass is 398 g/mol. The summed E-state index contributed by atoms with van der Waals surface area (Å²) in [7, 11) is -3.63. The summed E-state index contributed by atoms with van der Waals surface area (Å²) in [6, 6.07) is 16.5. The quantitative estimate of drug-likeness (QED) is 0.638. The SMILES string of the molecule is CCOc1ccccc1S(=O)(=O)N1CCC(n2cc(-c3ccccc3)nn2)C1. The smallest absolute Gasteiger partial charge is 0.246 e. The van der Waals surface area contributed by atoms with Gasteiger partial charge in [0.25, 0.3) is 0 Å². The minimum Gasteiger partial charge on any atom is -0.492 e. The Kier molecular flexibility index (Phi) is 5.15. The second-order valence-electron chi connectivity index (χ2n) is 6.64. The minimum absolute atomic E-state index is 0.0426. The van der Waals surface area contributed by atoms with Gasteiger partial charge in [0.2, 0.25) is 10.0 Å². The molecule has 2 aromatic carbocycles. The van der Waals surface area contributed by atoms with E-state index in [2.05, 4.69) is 10.3 Å².